The molecule has 0 aromatic heterocycles. The van der Waals surface area contributed by atoms with Crippen LogP contribution in [0.5, 0.6) is 0 Å². The van der Waals surface area contributed by atoms with Crippen LogP contribution in [0.15, 0.2) is 24.3 Å². The van der Waals surface area contributed by atoms with Crippen LogP contribution < -0.4 is 5.32 Å². The fourth-order valence-electron chi connectivity index (χ4n) is 3.60. The largest absolute Gasteiger partial charge is 0.445 e. The molecule has 0 spiro atoms. The third-order valence-corrected chi connectivity index (χ3v) is 5.00. The first kappa shape index (κ1) is 16.0. The first-order chi connectivity index (χ1) is 11.1. The highest BCUT2D eigenvalue weighted by atomic mass is 16.6. The molecule has 0 saturated heterocycles. The van der Waals surface area contributed by atoms with Crippen LogP contribution in [0.2, 0.25) is 0 Å². The lowest BCUT2D eigenvalue weighted by molar-refractivity contribution is -0.140. The van der Waals surface area contributed by atoms with Gasteiger partial charge in [-0.15, -0.1) is 0 Å². The molecule has 1 saturated carbocycles. The number of esters is 1. The highest BCUT2D eigenvalue weighted by Gasteiger charge is 2.43. The Morgan fingerprint density at radius 3 is 2.52 bits per heavy atom. The first-order valence-corrected chi connectivity index (χ1v) is 8.71. The maximum atomic E-state index is 12.8. The number of cyclic esters (lactones) is 1. The molecule has 1 aromatic rings. The van der Waals surface area contributed by atoms with Crippen molar-refractivity contribution < 1.29 is 14.3 Å². The third-order valence-electron chi connectivity index (χ3n) is 5.00. The Morgan fingerprint density at radius 1 is 1.13 bits per heavy atom. The van der Waals surface area contributed by atoms with Gasteiger partial charge in [-0.1, -0.05) is 50.3 Å². The number of hydrogen-bond acceptors (Lipinski definition) is 3. The molecule has 1 N–H and O–H groups in total. The van der Waals surface area contributed by atoms with E-state index in [2.05, 4.69) is 5.32 Å². The average molecular weight is 315 g/mol. The summed E-state index contributed by atoms with van der Waals surface area (Å²) in [6, 6.07) is 7.57. The minimum atomic E-state index is -1.10. The number of hydrogen-bond donors (Lipinski definition) is 1. The predicted molar refractivity (Wildman–Crippen MR) is 88.2 cm³/mol. The topological polar surface area (TPSA) is 55.4 Å². The van der Waals surface area contributed by atoms with Gasteiger partial charge in [0.05, 0.1) is 5.56 Å². The standard InChI is InChI=1S/C19H25NO3/c1-19(13-14-9-7-8-12-16(14)17(21)23-19)18(22)20-15-10-5-3-2-4-6-11-15/h7-9,12,15H,2-6,10-11,13H2,1H3,(H,20,22). The summed E-state index contributed by atoms with van der Waals surface area (Å²) in [5.41, 5.74) is 0.358. The number of rotatable bonds is 2. The molecular formula is C19H25NO3. The summed E-state index contributed by atoms with van der Waals surface area (Å²) in [4.78, 5) is 24.9. The molecular weight excluding hydrogens is 290 g/mol. The lowest BCUT2D eigenvalue weighted by Crippen LogP contribution is -2.54. The summed E-state index contributed by atoms with van der Waals surface area (Å²) in [5, 5.41) is 3.13. The molecule has 1 aromatic carbocycles. The van der Waals surface area contributed by atoms with Gasteiger partial charge in [0.15, 0.2) is 5.60 Å². The van der Waals surface area contributed by atoms with Gasteiger partial charge in [0.1, 0.15) is 0 Å². The van der Waals surface area contributed by atoms with Crippen molar-refractivity contribution >= 4 is 11.9 Å². The van der Waals surface area contributed by atoms with Crippen molar-refractivity contribution in [2.45, 2.75) is 69.9 Å². The Kier molecular flexibility index (Phi) is 4.69. The van der Waals surface area contributed by atoms with Crippen LogP contribution in [-0.2, 0) is 16.0 Å². The van der Waals surface area contributed by atoms with E-state index in [1.807, 2.05) is 18.2 Å². The minimum Gasteiger partial charge on any atom is -0.445 e. The fraction of sp³-hybridized carbons (Fsp3) is 0.579. The summed E-state index contributed by atoms with van der Waals surface area (Å²) in [7, 11) is 0. The van der Waals surface area contributed by atoms with Gasteiger partial charge < -0.3 is 10.1 Å². The van der Waals surface area contributed by atoms with Gasteiger partial charge in [0.25, 0.3) is 5.91 Å². The van der Waals surface area contributed by atoms with E-state index >= 15 is 0 Å². The molecule has 0 bridgehead atoms. The molecule has 4 heteroatoms. The average Bonchev–Trinajstić information content (AvgIpc) is 2.49. The van der Waals surface area contributed by atoms with Crippen molar-refractivity contribution in [2.75, 3.05) is 0 Å². The second-order valence-electron chi connectivity index (χ2n) is 6.97. The number of amides is 1. The minimum absolute atomic E-state index is 0.161. The highest BCUT2D eigenvalue weighted by Crippen LogP contribution is 2.29. The lowest BCUT2D eigenvalue weighted by Gasteiger charge is -2.34. The molecule has 0 radical (unpaired) electrons. The van der Waals surface area contributed by atoms with Crippen molar-refractivity contribution in [3.8, 4) is 0 Å². The molecule has 1 amide bonds. The van der Waals surface area contributed by atoms with E-state index in [4.69, 9.17) is 4.74 Å². The Hall–Kier alpha value is -1.84. The van der Waals surface area contributed by atoms with Crippen LogP contribution in [-0.4, -0.2) is 23.5 Å². The van der Waals surface area contributed by atoms with E-state index in [-0.39, 0.29) is 11.9 Å². The molecule has 124 valence electrons. The molecule has 1 aliphatic heterocycles. The van der Waals surface area contributed by atoms with E-state index in [1.165, 1.54) is 19.3 Å². The van der Waals surface area contributed by atoms with Gasteiger partial charge in [-0.25, -0.2) is 4.79 Å². The molecule has 2 aliphatic rings. The van der Waals surface area contributed by atoms with Crippen LogP contribution in [0.1, 0.15) is 67.8 Å². The molecule has 1 heterocycles. The summed E-state index contributed by atoms with van der Waals surface area (Å²) < 4.78 is 5.51. The summed E-state index contributed by atoms with van der Waals surface area (Å²) in [5.74, 6) is -0.562. The predicted octanol–water partition coefficient (Wildman–Crippen LogP) is 3.39. The van der Waals surface area contributed by atoms with Crippen molar-refractivity contribution in [1.82, 2.24) is 5.32 Å². The Bertz CT molecular complexity index is 590. The number of fused-ring (bicyclic) bond motifs is 1. The van der Waals surface area contributed by atoms with Crippen LogP contribution in [0, 0.1) is 0 Å². The van der Waals surface area contributed by atoms with Crippen LogP contribution in [0.3, 0.4) is 0 Å². The van der Waals surface area contributed by atoms with E-state index in [9.17, 15) is 9.59 Å². The van der Waals surface area contributed by atoms with Crippen LogP contribution in [0.25, 0.3) is 0 Å². The maximum Gasteiger partial charge on any atom is 0.339 e. The zero-order valence-electron chi connectivity index (χ0n) is 13.8. The zero-order chi connectivity index (χ0) is 16.3. The van der Waals surface area contributed by atoms with E-state index in [1.54, 1.807) is 13.0 Å². The van der Waals surface area contributed by atoms with Gasteiger partial charge in [0.2, 0.25) is 0 Å². The molecule has 1 unspecified atom stereocenters. The molecule has 23 heavy (non-hydrogen) atoms. The van der Waals surface area contributed by atoms with Gasteiger partial charge in [0, 0.05) is 12.5 Å². The van der Waals surface area contributed by atoms with Crippen molar-refractivity contribution in [3.05, 3.63) is 35.4 Å². The molecule has 1 aliphatic carbocycles. The first-order valence-electron chi connectivity index (χ1n) is 8.71. The Labute approximate surface area is 137 Å². The highest BCUT2D eigenvalue weighted by molar-refractivity contribution is 5.97. The van der Waals surface area contributed by atoms with Crippen LogP contribution >= 0.6 is 0 Å². The quantitative estimate of drug-likeness (QED) is 0.851. The van der Waals surface area contributed by atoms with Gasteiger partial charge in [-0.2, -0.15) is 0 Å². The summed E-state index contributed by atoms with van der Waals surface area (Å²) in [6.07, 6.45) is 8.57. The van der Waals surface area contributed by atoms with Crippen LogP contribution in [0.4, 0.5) is 0 Å². The smallest absolute Gasteiger partial charge is 0.339 e. The number of carbonyl (C=O) groups is 2. The Morgan fingerprint density at radius 2 is 1.78 bits per heavy atom. The van der Waals surface area contributed by atoms with Gasteiger partial charge in [-0.3, -0.25) is 4.79 Å². The Balaban J connectivity index is 1.70. The maximum absolute atomic E-state index is 12.8. The van der Waals surface area contributed by atoms with E-state index < -0.39 is 11.6 Å². The van der Waals surface area contributed by atoms with E-state index in [0.29, 0.717) is 12.0 Å². The number of benzene rings is 1. The normalized spacial score (nSPS) is 25.7. The lowest BCUT2D eigenvalue weighted by atomic mass is 9.88. The molecule has 3 rings (SSSR count). The summed E-state index contributed by atoms with van der Waals surface area (Å²) >= 11 is 0. The van der Waals surface area contributed by atoms with E-state index in [0.717, 1.165) is 31.2 Å². The second-order valence-corrected chi connectivity index (χ2v) is 6.97. The third kappa shape index (κ3) is 3.57. The fourth-order valence-corrected chi connectivity index (χ4v) is 3.60. The number of nitrogens with one attached hydrogen (secondary N) is 1. The SMILES string of the molecule is CC1(C(=O)NC2CCCCCCC2)Cc2ccccc2C(=O)O1. The number of ether oxygens (including phenoxy) is 1. The van der Waals surface area contributed by atoms with Crippen molar-refractivity contribution in [1.29, 1.82) is 0 Å². The molecule has 1 atom stereocenters. The molecule has 4 nitrogen and oxygen atoms in total. The molecule has 1 fully saturated rings. The van der Waals surface area contributed by atoms with Crippen molar-refractivity contribution in [3.63, 3.8) is 0 Å². The number of carbonyl (C=O) groups excluding carboxylic acids is 2. The second kappa shape index (κ2) is 6.73. The van der Waals surface area contributed by atoms with Gasteiger partial charge >= 0.3 is 5.97 Å². The monoisotopic (exact) mass is 315 g/mol. The van der Waals surface area contributed by atoms with Gasteiger partial charge in [-0.05, 0) is 31.4 Å². The van der Waals surface area contributed by atoms with Crippen molar-refractivity contribution in [2.24, 2.45) is 0 Å². The summed E-state index contributed by atoms with van der Waals surface area (Å²) in [6.45, 7) is 1.72. The zero-order valence-corrected chi connectivity index (χ0v) is 13.8.